The van der Waals surface area contributed by atoms with E-state index in [0.29, 0.717) is 6.04 Å². The molecule has 2 aromatic rings. The first-order valence-electron chi connectivity index (χ1n) is 6.58. The molecule has 1 aromatic carbocycles. The van der Waals surface area contributed by atoms with Gasteiger partial charge in [0.15, 0.2) is 0 Å². The number of aromatic nitrogens is 2. The van der Waals surface area contributed by atoms with Gasteiger partial charge in [0.25, 0.3) is 0 Å². The van der Waals surface area contributed by atoms with E-state index in [9.17, 15) is 0 Å². The van der Waals surface area contributed by atoms with E-state index in [2.05, 4.69) is 60.8 Å². The molecule has 1 atom stereocenters. The summed E-state index contributed by atoms with van der Waals surface area (Å²) in [6, 6.07) is 10.9. The van der Waals surface area contributed by atoms with Crippen molar-refractivity contribution < 1.29 is 0 Å². The molecular weight excluding hydrogens is 222 g/mol. The molecular formula is C15H21N3. The van der Waals surface area contributed by atoms with Crippen LogP contribution in [0.3, 0.4) is 0 Å². The third-order valence-electron chi connectivity index (χ3n) is 3.18. The summed E-state index contributed by atoms with van der Waals surface area (Å²) in [5.74, 6) is 0. The SMILES string of the molecule is CCc1nn(C)cc1NC(CC)c1ccccc1. The number of rotatable bonds is 5. The Bertz CT molecular complexity index is 488. The number of aryl methyl sites for hydroxylation is 2. The Labute approximate surface area is 109 Å². The van der Waals surface area contributed by atoms with E-state index in [4.69, 9.17) is 0 Å². The molecule has 0 aliphatic carbocycles. The standard InChI is InChI=1S/C15H21N3/c1-4-13(12-9-7-6-8-10-12)16-15-11-18(3)17-14(15)5-2/h6-11,13,16H,4-5H2,1-3H3. The van der Waals surface area contributed by atoms with E-state index in [1.165, 1.54) is 5.56 Å². The Morgan fingerprint density at radius 2 is 1.94 bits per heavy atom. The first-order chi connectivity index (χ1) is 8.74. The lowest BCUT2D eigenvalue weighted by Crippen LogP contribution is -2.10. The van der Waals surface area contributed by atoms with Gasteiger partial charge in [0.1, 0.15) is 0 Å². The van der Waals surface area contributed by atoms with Crippen LogP contribution in [0, 0.1) is 0 Å². The van der Waals surface area contributed by atoms with Crippen LogP contribution in [0.5, 0.6) is 0 Å². The van der Waals surface area contributed by atoms with Gasteiger partial charge < -0.3 is 5.32 Å². The molecule has 3 nitrogen and oxygen atoms in total. The number of hydrogen-bond acceptors (Lipinski definition) is 2. The molecule has 2 rings (SSSR count). The molecule has 0 saturated carbocycles. The van der Waals surface area contributed by atoms with E-state index in [1.807, 2.05) is 11.7 Å². The predicted molar refractivity (Wildman–Crippen MR) is 75.7 cm³/mol. The van der Waals surface area contributed by atoms with Gasteiger partial charge in [-0.05, 0) is 18.4 Å². The number of nitrogens with zero attached hydrogens (tertiary/aromatic N) is 2. The van der Waals surface area contributed by atoms with Gasteiger partial charge in [-0.1, -0.05) is 44.2 Å². The Morgan fingerprint density at radius 3 is 2.56 bits per heavy atom. The van der Waals surface area contributed by atoms with Gasteiger partial charge in [-0.15, -0.1) is 0 Å². The monoisotopic (exact) mass is 243 g/mol. The van der Waals surface area contributed by atoms with Crippen molar-refractivity contribution in [2.24, 2.45) is 7.05 Å². The number of anilines is 1. The molecule has 0 aliphatic rings. The first kappa shape index (κ1) is 12.7. The highest BCUT2D eigenvalue weighted by Crippen LogP contribution is 2.24. The van der Waals surface area contributed by atoms with Crippen LogP contribution < -0.4 is 5.32 Å². The lowest BCUT2D eigenvalue weighted by molar-refractivity contribution is 0.746. The van der Waals surface area contributed by atoms with Crippen molar-refractivity contribution in [3.63, 3.8) is 0 Å². The molecule has 0 bridgehead atoms. The summed E-state index contributed by atoms with van der Waals surface area (Å²) < 4.78 is 1.87. The maximum absolute atomic E-state index is 4.46. The van der Waals surface area contributed by atoms with E-state index in [0.717, 1.165) is 24.2 Å². The van der Waals surface area contributed by atoms with Crippen molar-refractivity contribution in [3.8, 4) is 0 Å². The topological polar surface area (TPSA) is 29.9 Å². The zero-order valence-corrected chi connectivity index (χ0v) is 11.4. The minimum atomic E-state index is 0.348. The lowest BCUT2D eigenvalue weighted by Gasteiger charge is -2.18. The maximum atomic E-state index is 4.46. The van der Waals surface area contributed by atoms with Crippen molar-refractivity contribution in [2.45, 2.75) is 32.7 Å². The number of hydrogen-bond donors (Lipinski definition) is 1. The molecule has 1 heterocycles. The van der Waals surface area contributed by atoms with Crippen molar-refractivity contribution in [1.82, 2.24) is 9.78 Å². The second-order valence-corrected chi connectivity index (χ2v) is 4.53. The van der Waals surface area contributed by atoms with Crippen molar-refractivity contribution >= 4 is 5.69 Å². The van der Waals surface area contributed by atoms with Gasteiger partial charge >= 0.3 is 0 Å². The molecule has 1 N–H and O–H groups in total. The van der Waals surface area contributed by atoms with Crippen LogP contribution >= 0.6 is 0 Å². The smallest absolute Gasteiger partial charge is 0.0853 e. The van der Waals surface area contributed by atoms with Crippen LogP contribution in [-0.2, 0) is 13.5 Å². The molecule has 0 spiro atoms. The minimum Gasteiger partial charge on any atom is -0.375 e. The molecule has 1 aromatic heterocycles. The van der Waals surface area contributed by atoms with E-state index in [1.54, 1.807) is 0 Å². The summed E-state index contributed by atoms with van der Waals surface area (Å²) in [6.45, 7) is 4.34. The largest absolute Gasteiger partial charge is 0.375 e. The molecule has 18 heavy (non-hydrogen) atoms. The molecule has 0 radical (unpaired) electrons. The highest BCUT2D eigenvalue weighted by atomic mass is 15.3. The third kappa shape index (κ3) is 2.73. The highest BCUT2D eigenvalue weighted by molar-refractivity contribution is 5.48. The summed E-state index contributed by atoms with van der Waals surface area (Å²) in [6.07, 6.45) is 4.07. The van der Waals surface area contributed by atoms with Crippen molar-refractivity contribution in [1.29, 1.82) is 0 Å². The Morgan fingerprint density at radius 1 is 1.22 bits per heavy atom. The fraction of sp³-hybridized carbons (Fsp3) is 0.400. The van der Waals surface area contributed by atoms with Crippen LogP contribution in [0.4, 0.5) is 5.69 Å². The quantitative estimate of drug-likeness (QED) is 0.870. The number of benzene rings is 1. The predicted octanol–water partition coefficient (Wildman–Crippen LogP) is 3.55. The molecule has 0 fully saturated rings. The Balaban J connectivity index is 2.20. The fourth-order valence-electron chi connectivity index (χ4n) is 2.21. The third-order valence-corrected chi connectivity index (χ3v) is 3.18. The van der Waals surface area contributed by atoms with Crippen LogP contribution in [0.1, 0.15) is 37.6 Å². The van der Waals surface area contributed by atoms with Gasteiger partial charge in [-0.3, -0.25) is 4.68 Å². The minimum absolute atomic E-state index is 0.348. The van der Waals surface area contributed by atoms with Crippen molar-refractivity contribution in [3.05, 3.63) is 47.8 Å². The van der Waals surface area contributed by atoms with E-state index < -0.39 is 0 Å². The normalized spacial score (nSPS) is 12.4. The van der Waals surface area contributed by atoms with Crippen LogP contribution in [0.15, 0.2) is 36.5 Å². The lowest BCUT2D eigenvalue weighted by atomic mass is 10.0. The molecule has 0 amide bonds. The zero-order chi connectivity index (χ0) is 13.0. The molecule has 0 saturated heterocycles. The maximum Gasteiger partial charge on any atom is 0.0853 e. The first-order valence-corrected chi connectivity index (χ1v) is 6.58. The van der Waals surface area contributed by atoms with Gasteiger partial charge in [0, 0.05) is 13.2 Å². The van der Waals surface area contributed by atoms with E-state index >= 15 is 0 Å². The zero-order valence-electron chi connectivity index (χ0n) is 11.4. The van der Waals surface area contributed by atoms with Gasteiger partial charge in [-0.25, -0.2) is 0 Å². The molecule has 96 valence electrons. The van der Waals surface area contributed by atoms with Crippen LogP contribution in [0.25, 0.3) is 0 Å². The summed E-state index contributed by atoms with van der Waals surface area (Å²) >= 11 is 0. The molecule has 3 heteroatoms. The van der Waals surface area contributed by atoms with Gasteiger partial charge in [0.05, 0.1) is 17.4 Å². The van der Waals surface area contributed by atoms with Crippen LogP contribution in [0.2, 0.25) is 0 Å². The van der Waals surface area contributed by atoms with Crippen LogP contribution in [-0.4, -0.2) is 9.78 Å². The summed E-state index contributed by atoms with van der Waals surface area (Å²) in [4.78, 5) is 0. The second-order valence-electron chi connectivity index (χ2n) is 4.53. The summed E-state index contributed by atoms with van der Waals surface area (Å²) in [5, 5.41) is 8.07. The average molecular weight is 243 g/mol. The van der Waals surface area contributed by atoms with Gasteiger partial charge in [0.2, 0.25) is 0 Å². The summed E-state index contributed by atoms with van der Waals surface area (Å²) in [7, 11) is 1.97. The Hall–Kier alpha value is -1.77. The highest BCUT2D eigenvalue weighted by Gasteiger charge is 2.12. The van der Waals surface area contributed by atoms with E-state index in [-0.39, 0.29) is 0 Å². The summed E-state index contributed by atoms with van der Waals surface area (Å²) in [5.41, 5.74) is 3.61. The Kier molecular flexibility index (Phi) is 4.03. The average Bonchev–Trinajstić information content (AvgIpc) is 2.77. The van der Waals surface area contributed by atoms with Crippen molar-refractivity contribution in [2.75, 3.05) is 5.32 Å². The molecule has 0 aliphatic heterocycles. The molecule has 1 unspecified atom stereocenters. The fourth-order valence-corrected chi connectivity index (χ4v) is 2.21. The second kappa shape index (κ2) is 5.71. The number of nitrogens with one attached hydrogen (secondary N) is 1. The van der Waals surface area contributed by atoms with Gasteiger partial charge in [-0.2, -0.15) is 5.10 Å².